The van der Waals surface area contributed by atoms with Crippen LogP contribution in [0.3, 0.4) is 0 Å². The van der Waals surface area contributed by atoms with E-state index in [0.29, 0.717) is 13.0 Å². The maximum atomic E-state index is 11.2. The normalized spacial score (nSPS) is 11.4. The van der Waals surface area contributed by atoms with Crippen LogP contribution in [0, 0.1) is 0 Å². The molecule has 0 aliphatic carbocycles. The second kappa shape index (κ2) is 5.76. The summed E-state index contributed by atoms with van der Waals surface area (Å²) in [5.41, 5.74) is 0.117. The lowest BCUT2D eigenvalue weighted by Gasteiger charge is -2.00. The Morgan fingerprint density at radius 2 is 2.24 bits per heavy atom. The Hall–Kier alpha value is -1.44. The first-order chi connectivity index (χ1) is 7.98. The lowest BCUT2D eigenvalue weighted by atomic mass is 10.4. The highest BCUT2D eigenvalue weighted by Gasteiger charge is 2.11. The van der Waals surface area contributed by atoms with E-state index >= 15 is 0 Å². The Morgan fingerprint density at radius 1 is 1.53 bits per heavy atom. The Labute approximate surface area is 99.7 Å². The summed E-state index contributed by atoms with van der Waals surface area (Å²) >= 11 is 0. The van der Waals surface area contributed by atoms with Crippen LogP contribution in [-0.4, -0.2) is 48.0 Å². The van der Waals surface area contributed by atoms with Crippen LogP contribution in [0.5, 0.6) is 0 Å². The van der Waals surface area contributed by atoms with E-state index in [2.05, 4.69) is 15.0 Å². The topological polar surface area (TPSA) is 91.2 Å². The fourth-order valence-corrected chi connectivity index (χ4v) is 2.05. The van der Waals surface area contributed by atoms with Crippen LogP contribution < -0.4 is 0 Å². The van der Waals surface area contributed by atoms with E-state index in [1.165, 1.54) is 18.0 Å². The third-order valence-electron chi connectivity index (χ3n) is 2.22. The summed E-state index contributed by atoms with van der Waals surface area (Å²) in [6, 6.07) is 0. The van der Waals surface area contributed by atoms with Gasteiger partial charge in [0.1, 0.15) is 9.84 Å². The van der Waals surface area contributed by atoms with Crippen LogP contribution in [0.2, 0.25) is 0 Å². The van der Waals surface area contributed by atoms with Gasteiger partial charge in [-0.05, 0) is 6.42 Å². The third-order valence-corrected chi connectivity index (χ3v) is 4.01. The SMILES string of the molecule is CCS(=O)(=O)CCCn1cc(C(=O)OC)nn1. The van der Waals surface area contributed by atoms with Crippen LogP contribution in [0.25, 0.3) is 0 Å². The zero-order valence-electron chi connectivity index (χ0n) is 9.79. The van der Waals surface area contributed by atoms with Gasteiger partial charge in [0.15, 0.2) is 5.69 Å². The second-order valence-electron chi connectivity index (χ2n) is 3.45. The quantitative estimate of drug-likeness (QED) is 0.663. The monoisotopic (exact) mass is 261 g/mol. The molecule has 0 N–H and O–H groups in total. The van der Waals surface area contributed by atoms with Crippen molar-refractivity contribution >= 4 is 15.8 Å². The van der Waals surface area contributed by atoms with E-state index in [4.69, 9.17) is 0 Å². The molecule has 0 saturated carbocycles. The Bertz CT molecular complexity index is 480. The number of ether oxygens (including phenoxy) is 1. The maximum absolute atomic E-state index is 11.2. The standard InChI is InChI=1S/C9H15N3O4S/c1-3-17(14,15)6-4-5-12-7-8(10-11-12)9(13)16-2/h7H,3-6H2,1-2H3. The van der Waals surface area contributed by atoms with Gasteiger partial charge in [0.05, 0.1) is 19.1 Å². The van der Waals surface area contributed by atoms with Crippen LogP contribution in [0.1, 0.15) is 23.8 Å². The zero-order valence-corrected chi connectivity index (χ0v) is 10.6. The molecule has 1 aromatic rings. The minimum atomic E-state index is -2.96. The molecule has 1 rings (SSSR count). The number of hydrogen-bond acceptors (Lipinski definition) is 6. The molecule has 0 bridgehead atoms. The first-order valence-electron chi connectivity index (χ1n) is 5.17. The predicted octanol–water partition coefficient (Wildman–Crippen LogP) is -0.111. The lowest BCUT2D eigenvalue weighted by Crippen LogP contribution is -2.11. The van der Waals surface area contributed by atoms with Crippen molar-refractivity contribution in [2.75, 3.05) is 18.6 Å². The number of nitrogens with zero attached hydrogens (tertiary/aromatic N) is 3. The maximum Gasteiger partial charge on any atom is 0.360 e. The summed E-state index contributed by atoms with van der Waals surface area (Å²) in [6.07, 6.45) is 1.88. The molecule has 96 valence electrons. The van der Waals surface area contributed by atoms with Crippen molar-refractivity contribution in [1.82, 2.24) is 15.0 Å². The number of aryl methyl sites for hydroxylation is 1. The van der Waals surface area contributed by atoms with Gasteiger partial charge in [-0.3, -0.25) is 4.68 Å². The van der Waals surface area contributed by atoms with E-state index in [0.717, 1.165) is 0 Å². The molecule has 7 nitrogen and oxygen atoms in total. The van der Waals surface area contributed by atoms with Crippen LogP contribution in [0.4, 0.5) is 0 Å². The minimum absolute atomic E-state index is 0.108. The van der Waals surface area contributed by atoms with E-state index in [1.54, 1.807) is 6.92 Å². The summed E-state index contributed by atoms with van der Waals surface area (Å²) in [7, 11) is -1.70. The molecule has 0 unspecified atom stereocenters. The van der Waals surface area contributed by atoms with Crippen LogP contribution in [-0.2, 0) is 21.1 Å². The largest absolute Gasteiger partial charge is 0.464 e. The van der Waals surface area contributed by atoms with Crippen molar-refractivity contribution in [2.24, 2.45) is 0 Å². The van der Waals surface area contributed by atoms with Gasteiger partial charge in [-0.25, -0.2) is 13.2 Å². The number of hydrogen-bond donors (Lipinski definition) is 0. The fourth-order valence-electron chi connectivity index (χ4n) is 1.20. The summed E-state index contributed by atoms with van der Waals surface area (Å²) in [6.45, 7) is 2.02. The molecule has 0 spiro atoms. The van der Waals surface area contributed by atoms with Gasteiger partial charge in [-0.2, -0.15) is 0 Å². The van der Waals surface area contributed by atoms with Gasteiger partial charge < -0.3 is 4.74 Å². The highest BCUT2D eigenvalue weighted by atomic mass is 32.2. The summed E-state index contributed by atoms with van der Waals surface area (Å²) in [5.74, 6) is -0.313. The molecule has 0 saturated heterocycles. The number of sulfone groups is 1. The van der Waals surface area contributed by atoms with Crippen molar-refractivity contribution in [1.29, 1.82) is 0 Å². The van der Waals surface area contributed by atoms with E-state index < -0.39 is 15.8 Å². The average Bonchev–Trinajstić information content (AvgIpc) is 2.76. The first kappa shape index (κ1) is 13.6. The van der Waals surface area contributed by atoms with Gasteiger partial charge in [0.25, 0.3) is 0 Å². The minimum Gasteiger partial charge on any atom is -0.464 e. The van der Waals surface area contributed by atoms with Gasteiger partial charge in [-0.1, -0.05) is 12.1 Å². The number of esters is 1. The Morgan fingerprint density at radius 3 is 2.82 bits per heavy atom. The van der Waals surface area contributed by atoms with Gasteiger partial charge in [-0.15, -0.1) is 5.10 Å². The molecular formula is C9H15N3O4S. The number of carbonyl (C=O) groups is 1. The van der Waals surface area contributed by atoms with Crippen molar-refractivity contribution < 1.29 is 17.9 Å². The molecule has 1 aromatic heterocycles. The molecule has 1 heterocycles. The van der Waals surface area contributed by atoms with Crippen molar-refractivity contribution in [3.8, 4) is 0 Å². The fraction of sp³-hybridized carbons (Fsp3) is 0.667. The number of carbonyl (C=O) groups excluding carboxylic acids is 1. The van der Waals surface area contributed by atoms with Gasteiger partial charge >= 0.3 is 5.97 Å². The molecule has 0 amide bonds. The van der Waals surface area contributed by atoms with Crippen LogP contribution >= 0.6 is 0 Å². The molecule has 0 aromatic carbocycles. The van der Waals surface area contributed by atoms with E-state index in [-0.39, 0.29) is 17.2 Å². The molecule has 8 heteroatoms. The highest BCUT2D eigenvalue weighted by molar-refractivity contribution is 7.91. The number of aromatic nitrogens is 3. The Balaban J connectivity index is 2.48. The van der Waals surface area contributed by atoms with Crippen molar-refractivity contribution in [3.05, 3.63) is 11.9 Å². The Kier molecular flexibility index (Phi) is 4.62. The smallest absolute Gasteiger partial charge is 0.360 e. The number of methoxy groups -OCH3 is 1. The van der Waals surface area contributed by atoms with Gasteiger partial charge in [0.2, 0.25) is 0 Å². The second-order valence-corrected chi connectivity index (χ2v) is 5.92. The summed E-state index contributed by atoms with van der Waals surface area (Å²) < 4.78 is 28.4. The average molecular weight is 261 g/mol. The summed E-state index contributed by atoms with van der Waals surface area (Å²) in [5, 5.41) is 7.31. The number of rotatable bonds is 6. The predicted molar refractivity (Wildman–Crippen MR) is 60.3 cm³/mol. The van der Waals surface area contributed by atoms with Crippen molar-refractivity contribution in [2.45, 2.75) is 19.9 Å². The third kappa shape index (κ3) is 4.14. The van der Waals surface area contributed by atoms with Crippen LogP contribution in [0.15, 0.2) is 6.20 Å². The molecule has 0 radical (unpaired) electrons. The summed E-state index contributed by atoms with van der Waals surface area (Å²) in [4.78, 5) is 11.1. The van der Waals surface area contributed by atoms with Gasteiger partial charge in [0, 0.05) is 12.3 Å². The molecule has 0 fully saturated rings. The lowest BCUT2D eigenvalue weighted by molar-refractivity contribution is 0.0594. The zero-order chi connectivity index (χ0) is 12.9. The molecule has 17 heavy (non-hydrogen) atoms. The van der Waals surface area contributed by atoms with E-state index in [1.807, 2.05) is 0 Å². The molecular weight excluding hydrogens is 246 g/mol. The van der Waals surface area contributed by atoms with Crippen molar-refractivity contribution in [3.63, 3.8) is 0 Å². The first-order valence-corrected chi connectivity index (χ1v) is 6.99. The molecule has 0 aliphatic heterocycles. The van der Waals surface area contributed by atoms with E-state index in [9.17, 15) is 13.2 Å². The highest BCUT2D eigenvalue weighted by Crippen LogP contribution is 1.99. The molecule has 0 atom stereocenters. The molecule has 0 aliphatic rings.